The van der Waals surface area contributed by atoms with Gasteiger partial charge in [0.25, 0.3) is 5.91 Å². The van der Waals surface area contributed by atoms with Gasteiger partial charge in [0.05, 0.1) is 12.6 Å². The number of methoxy groups -OCH3 is 1. The minimum Gasteiger partial charge on any atom is -0.381 e. The highest BCUT2D eigenvalue weighted by Crippen LogP contribution is 2.16. The van der Waals surface area contributed by atoms with Crippen LogP contribution in [0.2, 0.25) is 0 Å². The number of carbonyl (C=O) groups excluding carboxylic acids is 1. The van der Waals surface area contributed by atoms with E-state index in [4.69, 9.17) is 4.74 Å². The predicted octanol–water partition coefficient (Wildman–Crippen LogP) is 1.35. The number of rotatable bonds is 6. The second-order valence-electron chi connectivity index (χ2n) is 4.44. The van der Waals surface area contributed by atoms with Crippen LogP contribution in [0.25, 0.3) is 0 Å². The van der Waals surface area contributed by atoms with Gasteiger partial charge >= 0.3 is 0 Å². The first-order chi connectivity index (χ1) is 8.90. The number of halogens is 2. The first kappa shape index (κ1) is 15.5. The van der Waals surface area contributed by atoms with Crippen LogP contribution in [-0.2, 0) is 9.53 Å². The Morgan fingerprint density at radius 1 is 1.47 bits per heavy atom. The van der Waals surface area contributed by atoms with E-state index in [9.17, 15) is 18.7 Å². The Kier molecular flexibility index (Phi) is 5.38. The maximum absolute atomic E-state index is 13.0. The monoisotopic (exact) mass is 273 g/mol. The van der Waals surface area contributed by atoms with Gasteiger partial charge in [0.1, 0.15) is 12.5 Å². The standard InChI is InChI=1S/C13H17F2NO3/c1-13(18,8-19-2)12(17)16-11(7-14)9-3-5-10(15)6-4-9/h3-6,11,18H,7-8H2,1-2H3,(H,16,17)/t11-,13+/m1/s1. The third-order valence-corrected chi connectivity index (χ3v) is 2.65. The van der Waals surface area contributed by atoms with E-state index in [1.54, 1.807) is 0 Å². The van der Waals surface area contributed by atoms with Gasteiger partial charge in [-0.05, 0) is 24.6 Å². The molecule has 4 nitrogen and oxygen atoms in total. The molecule has 0 unspecified atom stereocenters. The van der Waals surface area contributed by atoms with Crippen LogP contribution in [0.4, 0.5) is 8.78 Å². The Balaban J connectivity index is 2.77. The Labute approximate surface area is 110 Å². The molecule has 0 spiro atoms. The second-order valence-corrected chi connectivity index (χ2v) is 4.44. The molecule has 0 aliphatic rings. The van der Waals surface area contributed by atoms with Crippen molar-refractivity contribution in [3.8, 4) is 0 Å². The van der Waals surface area contributed by atoms with E-state index in [1.807, 2.05) is 0 Å². The van der Waals surface area contributed by atoms with Crippen molar-refractivity contribution in [3.05, 3.63) is 35.6 Å². The van der Waals surface area contributed by atoms with E-state index in [0.29, 0.717) is 5.56 Å². The van der Waals surface area contributed by atoms with Gasteiger partial charge in [-0.3, -0.25) is 4.79 Å². The zero-order valence-corrected chi connectivity index (χ0v) is 10.8. The van der Waals surface area contributed by atoms with Crippen molar-refractivity contribution in [2.24, 2.45) is 0 Å². The third kappa shape index (κ3) is 4.25. The summed E-state index contributed by atoms with van der Waals surface area (Å²) in [5.41, 5.74) is -1.33. The number of benzene rings is 1. The summed E-state index contributed by atoms with van der Waals surface area (Å²) in [6.07, 6.45) is 0. The lowest BCUT2D eigenvalue weighted by Crippen LogP contribution is -2.49. The van der Waals surface area contributed by atoms with E-state index in [2.05, 4.69) is 5.32 Å². The molecule has 0 radical (unpaired) electrons. The molecule has 0 heterocycles. The number of aliphatic hydroxyl groups is 1. The van der Waals surface area contributed by atoms with Gasteiger partial charge in [0.2, 0.25) is 0 Å². The smallest absolute Gasteiger partial charge is 0.254 e. The molecule has 1 aromatic rings. The largest absolute Gasteiger partial charge is 0.381 e. The van der Waals surface area contributed by atoms with Crippen molar-refractivity contribution < 1.29 is 23.4 Å². The van der Waals surface area contributed by atoms with Crippen molar-refractivity contribution in [1.82, 2.24) is 5.32 Å². The van der Waals surface area contributed by atoms with Crippen LogP contribution in [0, 0.1) is 5.82 Å². The molecule has 0 aliphatic carbocycles. The number of ether oxygens (including phenoxy) is 1. The molecule has 106 valence electrons. The molecule has 0 aliphatic heterocycles. The van der Waals surface area contributed by atoms with E-state index >= 15 is 0 Å². The van der Waals surface area contributed by atoms with Crippen LogP contribution in [0.5, 0.6) is 0 Å². The van der Waals surface area contributed by atoms with Gasteiger partial charge in [-0.15, -0.1) is 0 Å². The van der Waals surface area contributed by atoms with E-state index < -0.39 is 30.0 Å². The summed E-state index contributed by atoms with van der Waals surface area (Å²) in [4.78, 5) is 11.8. The normalized spacial score (nSPS) is 15.6. The predicted molar refractivity (Wildman–Crippen MR) is 65.8 cm³/mol. The van der Waals surface area contributed by atoms with Crippen molar-refractivity contribution in [3.63, 3.8) is 0 Å². The molecule has 0 saturated heterocycles. The molecule has 6 heteroatoms. The Hall–Kier alpha value is -1.53. The van der Waals surface area contributed by atoms with Gasteiger partial charge in [-0.25, -0.2) is 8.78 Å². The quantitative estimate of drug-likeness (QED) is 0.822. The fourth-order valence-electron chi connectivity index (χ4n) is 1.57. The van der Waals surface area contributed by atoms with Gasteiger partial charge in [0.15, 0.2) is 5.60 Å². The molecule has 1 aromatic carbocycles. The van der Waals surface area contributed by atoms with Crippen molar-refractivity contribution in [2.75, 3.05) is 20.4 Å². The fraction of sp³-hybridized carbons (Fsp3) is 0.462. The van der Waals surface area contributed by atoms with Crippen molar-refractivity contribution >= 4 is 5.91 Å². The lowest BCUT2D eigenvalue weighted by molar-refractivity contribution is -0.144. The van der Waals surface area contributed by atoms with Gasteiger partial charge in [0, 0.05) is 7.11 Å². The molecular formula is C13H17F2NO3. The van der Waals surface area contributed by atoms with Gasteiger partial charge in [-0.1, -0.05) is 12.1 Å². The number of hydrogen-bond acceptors (Lipinski definition) is 3. The van der Waals surface area contributed by atoms with Crippen LogP contribution >= 0.6 is 0 Å². The first-order valence-electron chi connectivity index (χ1n) is 5.74. The highest BCUT2D eigenvalue weighted by molar-refractivity contribution is 5.85. The van der Waals surface area contributed by atoms with Crippen molar-refractivity contribution in [1.29, 1.82) is 0 Å². The number of hydrogen-bond donors (Lipinski definition) is 2. The Bertz CT molecular complexity index is 420. The Morgan fingerprint density at radius 3 is 2.53 bits per heavy atom. The summed E-state index contributed by atoms with van der Waals surface area (Å²) in [5.74, 6) is -1.19. The summed E-state index contributed by atoms with van der Waals surface area (Å²) >= 11 is 0. The topological polar surface area (TPSA) is 58.6 Å². The molecule has 19 heavy (non-hydrogen) atoms. The summed E-state index contributed by atoms with van der Waals surface area (Å²) in [6, 6.07) is 4.18. The highest BCUT2D eigenvalue weighted by Gasteiger charge is 2.32. The minimum atomic E-state index is -1.75. The van der Waals surface area contributed by atoms with E-state index in [0.717, 1.165) is 0 Å². The first-order valence-corrected chi connectivity index (χ1v) is 5.74. The fourth-order valence-corrected chi connectivity index (χ4v) is 1.57. The average Bonchev–Trinajstić information content (AvgIpc) is 2.36. The third-order valence-electron chi connectivity index (χ3n) is 2.65. The van der Waals surface area contributed by atoms with Crippen LogP contribution in [-0.4, -0.2) is 37.0 Å². The van der Waals surface area contributed by atoms with Crippen LogP contribution in [0.1, 0.15) is 18.5 Å². The molecule has 1 rings (SSSR count). The molecule has 2 N–H and O–H groups in total. The molecule has 0 bridgehead atoms. The van der Waals surface area contributed by atoms with Gasteiger partial charge in [-0.2, -0.15) is 0 Å². The highest BCUT2D eigenvalue weighted by atomic mass is 19.1. The number of nitrogens with one attached hydrogen (secondary N) is 1. The van der Waals surface area contributed by atoms with Crippen LogP contribution in [0.15, 0.2) is 24.3 Å². The number of alkyl halides is 1. The van der Waals surface area contributed by atoms with E-state index in [1.165, 1.54) is 38.3 Å². The zero-order chi connectivity index (χ0) is 14.5. The second kappa shape index (κ2) is 6.58. The van der Waals surface area contributed by atoms with Crippen molar-refractivity contribution in [2.45, 2.75) is 18.6 Å². The molecule has 2 atom stereocenters. The number of amides is 1. The molecule has 0 fully saturated rings. The SMILES string of the molecule is COC[C@](C)(O)C(=O)N[C@H](CF)c1ccc(F)cc1. The molecular weight excluding hydrogens is 256 g/mol. The molecule has 0 saturated carbocycles. The zero-order valence-electron chi connectivity index (χ0n) is 10.8. The minimum absolute atomic E-state index is 0.207. The summed E-state index contributed by atoms with van der Waals surface area (Å²) in [5, 5.41) is 12.2. The average molecular weight is 273 g/mol. The molecule has 1 amide bonds. The summed E-state index contributed by atoms with van der Waals surface area (Å²) < 4.78 is 30.4. The maximum atomic E-state index is 13.0. The number of carbonyl (C=O) groups is 1. The maximum Gasteiger partial charge on any atom is 0.254 e. The van der Waals surface area contributed by atoms with E-state index in [-0.39, 0.29) is 6.61 Å². The lowest BCUT2D eigenvalue weighted by Gasteiger charge is -2.24. The summed E-state index contributed by atoms with van der Waals surface area (Å²) in [7, 11) is 1.34. The van der Waals surface area contributed by atoms with Crippen LogP contribution in [0.3, 0.4) is 0 Å². The lowest BCUT2D eigenvalue weighted by atomic mass is 10.0. The summed E-state index contributed by atoms with van der Waals surface area (Å²) in [6.45, 7) is 0.202. The van der Waals surface area contributed by atoms with Gasteiger partial charge < -0.3 is 15.2 Å². The molecule has 0 aromatic heterocycles. The van der Waals surface area contributed by atoms with Crippen LogP contribution < -0.4 is 5.32 Å². The Morgan fingerprint density at radius 2 is 2.05 bits per heavy atom.